The van der Waals surface area contributed by atoms with Crippen LogP contribution >= 0.6 is 22.6 Å². The Labute approximate surface area is 327 Å². The lowest BCUT2D eigenvalue weighted by Gasteiger charge is -2.26. The Balaban J connectivity index is 0. The first-order valence-corrected chi connectivity index (χ1v) is 18.7. The second kappa shape index (κ2) is 25.2. The summed E-state index contributed by atoms with van der Waals surface area (Å²) in [5.41, 5.74) is -5.97. The second-order valence-corrected chi connectivity index (χ2v) is 12.7. The van der Waals surface area contributed by atoms with Crippen molar-refractivity contribution in [1.29, 1.82) is 0 Å². The summed E-state index contributed by atoms with van der Waals surface area (Å²) in [6, 6.07) is 0. The summed E-state index contributed by atoms with van der Waals surface area (Å²) in [6.07, 6.45) is -1.40. The molecule has 11 nitrogen and oxygen atoms in total. The van der Waals surface area contributed by atoms with Crippen LogP contribution in [0.15, 0.2) is 36.5 Å². The number of methoxy groups -OCH3 is 8. The molecule has 0 bridgehead atoms. The molecule has 4 aliphatic rings. The van der Waals surface area contributed by atoms with Crippen molar-refractivity contribution < 1.29 is 70.5 Å². The normalized spacial score (nSPS) is 35.9. The minimum absolute atomic E-state index is 0. The molecule has 0 heterocycles. The van der Waals surface area contributed by atoms with E-state index in [1.807, 2.05) is 4.93 Å². The number of Topliss-reactive ketones (excluding diaryl/α,β-unsaturated/α-hetero) is 1. The van der Waals surface area contributed by atoms with E-state index in [-0.39, 0.29) is 70.4 Å². The highest BCUT2D eigenvalue weighted by Crippen LogP contribution is 2.41. The number of rotatable bonds is 12. The average molecular weight is 889 g/mol. The van der Waals surface area contributed by atoms with Gasteiger partial charge >= 0.3 is 0 Å². The fraction of sp³-hybridized carbons (Fsp3) is 0.811. The van der Waals surface area contributed by atoms with Gasteiger partial charge in [0.15, 0.2) is 22.8 Å². The molecule has 0 amide bonds. The van der Waals surface area contributed by atoms with Crippen molar-refractivity contribution in [2.45, 2.75) is 105 Å². The Morgan fingerprint density at radius 1 is 0.585 bits per heavy atom. The molecule has 0 aromatic rings. The lowest BCUT2D eigenvalue weighted by atomic mass is 9.99. The van der Waals surface area contributed by atoms with Crippen molar-refractivity contribution in [3.05, 3.63) is 36.5 Å². The highest BCUT2D eigenvalue weighted by atomic mass is 127. The maximum atomic E-state index is 14.1. The Kier molecular flexibility index (Phi) is 25.7. The predicted molar refractivity (Wildman–Crippen MR) is 205 cm³/mol. The molecule has 0 aromatic heterocycles. The Morgan fingerprint density at radius 3 is 1.23 bits per heavy atom. The summed E-state index contributed by atoms with van der Waals surface area (Å²) in [6.45, 7) is 10.3. The summed E-state index contributed by atoms with van der Waals surface area (Å²) < 4.78 is 94.8. The molecule has 4 aliphatic carbocycles. The third kappa shape index (κ3) is 13.0. The van der Waals surface area contributed by atoms with Gasteiger partial charge in [0.05, 0.1) is 44.7 Å². The van der Waals surface area contributed by atoms with Crippen LogP contribution < -0.4 is 0 Å². The minimum atomic E-state index is -1.91. The van der Waals surface area contributed by atoms with E-state index in [0.29, 0.717) is 24.8 Å². The molecular formula is C37H65F4IO11. The van der Waals surface area contributed by atoms with Crippen LogP contribution in [0.25, 0.3) is 0 Å². The van der Waals surface area contributed by atoms with Gasteiger partial charge < -0.3 is 48.1 Å². The number of aliphatic hydroxyl groups is 2. The van der Waals surface area contributed by atoms with Crippen LogP contribution in [0.5, 0.6) is 0 Å². The standard InChI is InChI=1S/2C9H15FO3.C9H15FO2.C8H13FO3.CH3I.CH4/c2*1-6-7(11)4-8(13-3)9(6,10)5-12-2;1-7-4-5-8(12-3)9(7,10)6-11-2;1-11-5-8(9)6(10)3-4-7(8)12-2;1-2;/h2*7-8,11H,1,4-5H2,2-3H3;8H,1,4-6H2,2-3H3;7H,3-5H2,1-2H3;1H3;1H4/t7-,8+,9-;7-,8-,9+;8-,9+;7-,8+;;/m1000../s1. The van der Waals surface area contributed by atoms with Gasteiger partial charge in [0.25, 0.3) is 0 Å². The number of hydrogen-bond acceptors (Lipinski definition) is 11. The third-order valence-corrected chi connectivity index (χ3v) is 9.74. The highest BCUT2D eigenvalue weighted by Gasteiger charge is 2.53. The minimum Gasteiger partial charge on any atom is -0.389 e. The maximum Gasteiger partial charge on any atom is 0.217 e. The van der Waals surface area contributed by atoms with E-state index < -0.39 is 59.0 Å². The third-order valence-electron chi connectivity index (χ3n) is 9.74. The van der Waals surface area contributed by atoms with E-state index in [4.69, 9.17) is 33.2 Å². The van der Waals surface area contributed by atoms with Crippen molar-refractivity contribution in [2.75, 3.05) is 88.2 Å². The molecule has 4 saturated carbocycles. The van der Waals surface area contributed by atoms with Gasteiger partial charge in [-0.15, -0.1) is 0 Å². The second-order valence-electron chi connectivity index (χ2n) is 12.7. The summed E-state index contributed by atoms with van der Waals surface area (Å²) in [7, 11) is 11.4. The summed E-state index contributed by atoms with van der Waals surface area (Å²) >= 11 is 2.15. The molecule has 16 heteroatoms. The number of carbonyl (C=O) groups is 1. The molecule has 4 rings (SSSR count). The van der Waals surface area contributed by atoms with E-state index in [1.165, 1.54) is 56.9 Å². The highest BCUT2D eigenvalue weighted by molar-refractivity contribution is 14.1. The van der Waals surface area contributed by atoms with Crippen molar-refractivity contribution in [2.24, 2.45) is 0 Å². The fourth-order valence-corrected chi connectivity index (χ4v) is 6.63. The van der Waals surface area contributed by atoms with Crippen LogP contribution in [0, 0.1) is 0 Å². The zero-order valence-corrected chi connectivity index (χ0v) is 34.3. The molecule has 0 unspecified atom stereocenters. The van der Waals surface area contributed by atoms with Crippen LogP contribution in [0.1, 0.15) is 46.0 Å². The van der Waals surface area contributed by atoms with Gasteiger partial charge in [-0.3, -0.25) is 4.79 Å². The number of aliphatic hydroxyl groups excluding tert-OH is 2. The first kappa shape index (κ1) is 54.0. The van der Waals surface area contributed by atoms with E-state index in [0.717, 1.165) is 0 Å². The number of hydrogen-bond donors (Lipinski definition) is 2. The molecule has 0 aromatic carbocycles. The maximum absolute atomic E-state index is 14.1. The summed E-state index contributed by atoms with van der Waals surface area (Å²) in [4.78, 5) is 13.1. The Morgan fingerprint density at radius 2 is 0.887 bits per heavy atom. The number of halogens is 5. The molecule has 0 aliphatic heterocycles. The number of carbonyl (C=O) groups excluding carboxylic acids is 1. The van der Waals surface area contributed by atoms with Crippen molar-refractivity contribution in [1.82, 2.24) is 0 Å². The van der Waals surface area contributed by atoms with Crippen LogP contribution in [0.3, 0.4) is 0 Å². The van der Waals surface area contributed by atoms with E-state index in [2.05, 4.69) is 47.1 Å². The lowest BCUT2D eigenvalue weighted by molar-refractivity contribution is -0.138. The van der Waals surface area contributed by atoms with Crippen LogP contribution in [-0.2, 0) is 42.7 Å². The van der Waals surface area contributed by atoms with Crippen molar-refractivity contribution in [3.8, 4) is 0 Å². The smallest absolute Gasteiger partial charge is 0.217 e. The predicted octanol–water partition coefficient (Wildman–Crippen LogP) is 5.47. The first-order chi connectivity index (χ1) is 24.4. The van der Waals surface area contributed by atoms with Gasteiger partial charge in [-0.25, -0.2) is 17.6 Å². The Bertz CT molecular complexity index is 1040. The molecule has 10 atom stereocenters. The summed E-state index contributed by atoms with van der Waals surface area (Å²) in [5.74, 6) is -0.406. The van der Waals surface area contributed by atoms with Crippen LogP contribution in [0.2, 0.25) is 0 Å². The van der Waals surface area contributed by atoms with Crippen LogP contribution in [0.4, 0.5) is 17.6 Å². The topological polar surface area (TPSA) is 131 Å². The molecule has 4 fully saturated rings. The average Bonchev–Trinajstić information content (AvgIpc) is 3.73. The van der Waals surface area contributed by atoms with Gasteiger partial charge in [0, 0.05) is 76.1 Å². The molecule has 2 N–H and O–H groups in total. The molecule has 0 radical (unpaired) electrons. The summed E-state index contributed by atoms with van der Waals surface area (Å²) in [5, 5.41) is 18.8. The van der Waals surface area contributed by atoms with Gasteiger partial charge in [-0.05, 0) is 40.9 Å². The molecule has 0 saturated heterocycles. The Hall–Kier alpha value is -1.06. The molecular weight excluding hydrogens is 823 g/mol. The fourth-order valence-electron chi connectivity index (χ4n) is 6.63. The zero-order valence-electron chi connectivity index (χ0n) is 32.1. The quantitative estimate of drug-likeness (QED) is 0.112. The van der Waals surface area contributed by atoms with Gasteiger partial charge in [0.2, 0.25) is 5.67 Å². The van der Waals surface area contributed by atoms with E-state index in [1.54, 1.807) is 0 Å². The van der Waals surface area contributed by atoms with E-state index >= 15 is 0 Å². The monoisotopic (exact) mass is 888 g/mol. The zero-order chi connectivity index (χ0) is 40.5. The lowest BCUT2D eigenvalue weighted by Crippen LogP contribution is -2.44. The van der Waals surface area contributed by atoms with Crippen molar-refractivity contribution in [3.63, 3.8) is 0 Å². The van der Waals surface area contributed by atoms with Crippen molar-refractivity contribution >= 4 is 28.4 Å². The van der Waals surface area contributed by atoms with Gasteiger partial charge in [0.1, 0.15) is 18.3 Å². The number of alkyl halides is 5. The SMILES string of the molecule is C.C=C1CC[C@H](OC)[C@@]1(F)COC.C=C1[C@@H](O)C[C@H](OC)[C@@]1(F)COC.C=C1[C@H](O)C[C@H](OC)[C@@]1(F)COC.CI.COC[C@@]1(F)C(=O)CC[C@@H]1OC. The largest absolute Gasteiger partial charge is 0.389 e. The van der Waals surface area contributed by atoms with Crippen LogP contribution in [-0.4, -0.2) is 164 Å². The number of ketones is 1. The molecule has 53 heavy (non-hydrogen) atoms. The molecule has 314 valence electrons. The number of ether oxygens (including phenoxy) is 8. The molecule has 0 spiro atoms. The van der Waals surface area contributed by atoms with Gasteiger partial charge in [-0.1, -0.05) is 49.8 Å². The van der Waals surface area contributed by atoms with Gasteiger partial charge in [-0.2, -0.15) is 0 Å². The van der Waals surface area contributed by atoms with E-state index in [9.17, 15) is 32.6 Å². The first-order valence-electron chi connectivity index (χ1n) is 16.6.